The van der Waals surface area contributed by atoms with Gasteiger partial charge in [-0.15, -0.1) is 0 Å². The molecular weight excluding hydrogens is 130 g/mol. The molecule has 1 N–H and O–H groups in total. The summed E-state index contributed by atoms with van der Waals surface area (Å²) in [6, 6.07) is 0.369. The molecule has 1 rings (SSSR count). The van der Waals surface area contributed by atoms with Crippen LogP contribution in [0.5, 0.6) is 0 Å². The number of carbonyl (C=O) groups is 1. The second-order valence-corrected chi connectivity index (χ2v) is 2.53. The smallest absolute Gasteiger partial charge is 0.207 e. The van der Waals surface area contributed by atoms with Crippen molar-refractivity contribution in [3.05, 3.63) is 0 Å². The molecule has 0 aromatic heterocycles. The van der Waals surface area contributed by atoms with Crippen molar-refractivity contribution in [3.63, 3.8) is 0 Å². The standard InChI is InChI=1S/C7H13NO2/c1-2-10-7-3-6(4-7)8-5-9/h5-7H,2-4H2,1H3,(H,8,9). The van der Waals surface area contributed by atoms with Gasteiger partial charge in [-0.25, -0.2) is 0 Å². The SMILES string of the molecule is CCOC1CC(NC=O)C1. The fraction of sp³-hybridized carbons (Fsp3) is 0.857. The summed E-state index contributed by atoms with van der Waals surface area (Å²) in [7, 11) is 0. The molecule has 0 radical (unpaired) electrons. The molecule has 58 valence electrons. The average molecular weight is 143 g/mol. The van der Waals surface area contributed by atoms with E-state index in [1.807, 2.05) is 6.92 Å². The van der Waals surface area contributed by atoms with Crippen LogP contribution < -0.4 is 5.32 Å². The molecule has 3 nitrogen and oxygen atoms in total. The van der Waals surface area contributed by atoms with E-state index in [1.165, 1.54) is 0 Å². The molecule has 3 heteroatoms. The molecule has 1 aliphatic rings. The van der Waals surface area contributed by atoms with Crippen molar-refractivity contribution >= 4 is 6.41 Å². The number of rotatable bonds is 4. The van der Waals surface area contributed by atoms with E-state index in [-0.39, 0.29) is 0 Å². The lowest BCUT2D eigenvalue weighted by Crippen LogP contribution is -2.44. The summed E-state index contributed by atoms with van der Waals surface area (Å²) in [5, 5.41) is 2.71. The molecule has 1 amide bonds. The summed E-state index contributed by atoms with van der Waals surface area (Å²) in [4.78, 5) is 9.92. The zero-order valence-corrected chi connectivity index (χ0v) is 6.17. The molecule has 0 unspecified atom stereocenters. The van der Waals surface area contributed by atoms with Crippen molar-refractivity contribution in [2.45, 2.75) is 31.9 Å². The Bertz CT molecular complexity index is 110. The Balaban J connectivity index is 2.00. The molecule has 1 saturated carbocycles. The summed E-state index contributed by atoms with van der Waals surface area (Å²) in [5.74, 6) is 0. The van der Waals surface area contributed by atoms with Crippen LogP contribution in [0.25, 0.3) is 0 Å². The van der Waals surface area contributed by atoms with Crippen molar-refractivity contribution in [2.24, 2.45) is 0 Å². The summed E-state index contributed by atoms with van der Waals surface area (Å²) in [5.41, 5.74) is 0. The van der Waals surface area contributed by atoms with Gasteiger partial charge in [0.15, 0.2) is 0 Å². The number of amides is 1. The van der Waals surface area contributed by atoms with Crippen molar-refractivity contribution < 1.29 is 9.53 Å². The van der Waals surface area contributed by atoms with Gasteiger partial charge in [0, 0.05) is 12.6 Å². The minimum Gasteiger partial charge on any atom is -0.378 e. The summed E-state index contributed by atoms with van der Waals surface area (Å²) in [6.45, 7) is 2.76. The van der Waals surface area contributed by atoms with E-state index >= 15 is 0 Å². The summed E-state index contributed by atoms with van der Waals surface area (Å²) < 4.78 is 5.30. The van der Waals surface area contributed by atoms with Crippen LogP contribution in [0.15, 0.2) is 0 Å². The lowest BCUT2D eigenvalue weighted by Gasteiger charge is -2.34. The largest absolute Gasteiger partial charge is 0.378 e. The van der Waals surface area contributed by atoms with Crippen LogP contribution in [0.2, 0.25) is 0 Å². The fourth-order valence-electron chi connectivity index (χ4n) is 1.17. The highest BCUT2D eigenvalue weighted by Crippen LogP contribution is 2.22. The minimum atomic E-state index is 0.369. The first-order chi connectivity index (χ1) is 4.86. The molecule has 10 heavy (non-hydrogen) atoms. The van der Waals surface area contributed by atoms with E-state index in [9.17, 15) is 4.79 Å². The Hall–Kier alpha value is -0.570. The predicted molar refractivity (Wildman–Crippen MR) is 37.6 cm³/mol. The van der Waals surface area contributed by atoms with Gasteiger partial charge in [-0.3, -0.25) is 4.79 Å². The number of ether oxygens (including phenoxy) is 1. The first-order valence-electron chi connectivity index (χ1n) is 3.68. The molecule has 0 bridgehead atoms. The highest BCUT2D eigenvalue weighted by molar-refractivity contribution is 5.47. The molecule has 0 atom stereocenters. The second-order valence-electron chi connectivity index (χ2n) is 2.53. The van der Waals surface area contributed by atoms with Gasteiger partial charge in [0.25, 0.3) is 0 Å². The van der Waals surface area contributed by atoms with Crippen LogP contribution in [0, 0.1) is 0 Å². The number of hydrogen-bond donors (Lipinski definition) is 1. The normalized spacial score (nSPS) is 30.9. The highest BCUT2D eigenvalue weighted by atomic mass is 16.5. The van der Waals surface area contributed by atoms with E-state index in [2.05, 4.69) is 5.32 Å². The van der Waals surface area contributed by atoms with Gasteiger partial charge in [-0.2, -0.15) is 0 Å². The molecular formula is C7H13NO2. The molecule has 0 aromatic carbocycles. The molecule has 1 fully saturated rings. The molecule has 0 heterocycles. The Kier molecular flexibility index (Phi) is 2.68. The Morgan fingerprint density at radius 1 is 1.70 bits per heavy atom. The van der Waals surface area contributed by atoms with Gasteiger partial charge in [-0.1, -0.05) is 0 Å². The molecule has 0 aromatic rings. The molecule has 0 spiro atoms. The third-order valence-corrected chi connectivity index (χ3v) is 1.80. The van der Waals surface area contributed by atoms with E-state index in [1.54, 1.807) is 0 Å². The van der Waals surface area contributed by atoms with Gasteiger partial charge < -0.3 is 10.1 Å². The number of nitrogens with one attached hydrogen (secondary N) is 1. The zero-order chi connectivity index (χ0) is 7.40. The van der Waals surface area contributed by atoms with E-state index < -0.39 is 0 Å². The second kappa shape index (κ2) is 3.56. The van der Waals surface area contributed by atoms with E-state index in [0.717, 1.165) is 25.9 Å². The molecule has 1 aliphatic carbocycles. The van der Waals surface area contributed by atoms with Gasteiger partial charge in [0.2, 0.25) is 6.41 Å². The monoisotopic (exact) mass is 143 g/mol. The Morgan fingerprint density at radius 3 is 2.90 bits per heavy atom. The maximum absolute atomic E-state index is 9.92. The van der Waals surface area contributed by atoms with Gasteiger partial charge in [0.1, 0.15) is 0 Å². The maximum atomic E-state index is 9.92. The van der Waals surface area contributed by atoms with Crippen LogP contribution in [0.3, 0.4) is 0 Å². The first-order valence-corrected chi connectivity index (χ1v) is 3.68. The summed E-state index contributed by atoms with van der Waals surface area (Å²) in [6.07, 6.45) is 3.11. The Labute approximate surface area is 60.7 Å². The van der Waals surface area contributed by atoms with Crippen LogP contribution in [0.4, 0.5) is 0 Å². The minimum absolute atomic E-state index is 0.369. The average Bonchev–Trinajstić information content (AvgIpc) is 1.84. The topological polar surface area (TPSA) is 38.3 Å². The summed E-state index contributed by atoms with van der Waals surface area (Å²) >= 11 is 0. The number of carbonyl (C=O) groups excluding carboxylic acids is 1. The lowest BCUT2D eigenvalue weighted by atomic mass is 9.89. The first kappa shape index (κ1) is 7.54. The van der Waals surface area contributed by atoms with Crippen molar-refractivity contribution in [2.75, 3.05) is 6.61 Å². The predicted octanol–water partition coefficient (Wildman–Crippen LogP) is 0.300. The van der Waals surface area contributed by atoms with Crippen LogP contribution >= 0.6 is 0 Å². The van der Waals surface area contributed by atoms with Crippen molar-refractivity contribution in [1.82, 2.24) is 5.32 Å². The fourth-order valence-corrected chi connectivity index (χ4v) is 1.17. The highest BCUT2D eigenvalue weighted by Gasteiger charge is 2.28. The lowest BCUT2D eigenvalue weighted by molar-refractivity contribution is -0.111. The van der Waals surface area contributed by atoms with E-state index in [4.69, 9.17) is 4.74 Å². The van der Waals surface area contributed by atoms with Gasteiger partial charge in [0.05, 0.1) is 6.10 Å². The van der Waals surface area contributed by atoms with Crippen LogP contribution in [-0.2, 0) is 9.53 Å². The third kappa shape index (κ3) is 1.70. The third-order valence-electron chi connectivity index (χ3n) is 1.80. The van der Waals surface area contributed by atoms with Crippen molar-refractivity contribution in [1.29, 1.82) is 0 Å². The van der Waals surface area contributed by atoms with E-state index in [0.29, 0.717) is 12.1 Å². The molecule has 0 aliphatic heterocycles. The maximum Gasteiger partial charge on any atom is 0.207 e. The quantitative estimate of drug-likeness (QED) is 0.575. The van der Waals surface area contributed by atoms with Crippen LogP contribution in [0.1, 0.15) is 19.8 Å². The van der Waals surface area contributed by atoms with Gasteiger partial charge >= 0.3 is 0 Å². The van der Waals surface area contributed by atoms with Crippen molar-refractivity contribution in [3.8, 4) is 0 Å². The Morgan fingerprint density at radius 2 is 2.40 bits per heavy atom. The van der Waals surface area contributed by atoms with Gasteiger partial charge in [-0.05, 0) is 19.8 Å². The number of hydrogen-bond acceptors (Lipinski definition) is 2. The molecule has 0 saturated heterocycles. The zero-order valence-electron chi connectivity index (χ0n) is 6.17. The van der Waals surface area contributed by atoms with Crippen LogP contribution in [-0.4, -0.2) is 25.2 Å².